The van der Waals surface area contributed by atoms with Gasteiger partial charge >= 0.3 is 0 Å². The van der Waals surface area contributed by atoms with Gasteiger partial charge < -0.3 is 10.2 Å². The van der Waals surface area contributed by atoms with Crippen molar-refractivity contribution in [3.05, 3.63) is 11.8 Å². The molecule has 0 aromatic carbocycles. The monoisotopic (exact) mass is 296 g/mol. The SMILES string of the molecule is CN1CCCCC1c1nnc(CCCN)o1.Cl.Cl. The quantitative estimate of drug-likeness (QED) is 0.920. The van der Waals surface area contributed by atoms with Crippen LogP contribution in [-0.4, -0.2) is 35.2 Å². The molecule has 2 rings (SSSR count). The molecule has 2 heterocycles. The maximum Gasteiger partial charge on any atom is 0.233 e. The Morgan fingerprint density at radius 3 is 2.78 bits per heavy atom. The van der Waals surface area contributed by atoms with E-state index in [1.807, 2.05) is 0 Å². The lowest BCUT2D eigenvalue weighted by molar-refractivity contribution is 0.157. The highest BCUT2D eigenvalue weighted by atomic mass is 35.5. The maximum atomic E-state index is 5.68. The third kappa shape index (κ3) is 4.39. The number of hydrogen-bond donors (Lipinski definition) is 1. The number of likely N-dealkylation sites (tertiary alicyclic amines) is 1. The van der Waals surface area contributed by atoms with Crippen LogP contribution < -0.4 is 5.73 Å². The van der Waals surface area contributed by atoms with E-state index in [9.17, 15) is 0 Å². The number of aryl methyl sites for hydroxylation is 1. The summed E-state index contributed by atoms with van der Waals surface area (Å²) < 4.78 is 5.68. The molecule has 1 atom stereocenters. The Morgan fingerprint density at radius 2 is 2.11 bits per heavy atom. The average Bonchev–Trinajstić information content (AvgIpc) is 2.75. The summed E-state index contributed by atoms with van der Waals surface area (Å²) in [5.41, 5.74) is 5.45. The Morgan fingerprint density at radius 1 is 1.33 bits per heavy atom. The van der Waals surface area contributed by atoms with Crippen molar-refractivity contribution in [1.29, 1.82) is 0 Å². The van der Waals surface area contributed by atoms with E-state index >= 15 is 0 Å². The minimum Gasteiger partial charge on any atom is -0.424 e. The summed E-state index contributed by atoms with van der Waals surface area (Å²) >= 11 is 0. The van der Waals surface area contributed by atoms with E-state index in [1.54, 1.807) is 0 Å². The van der Waals surface area contributed by atoms with Crippen LogP contribution in [0.3, 0.4) is 0 Å². The zero-order valence-corrected chi connectivity index (χ0v) is 12.3. The number of rotatable bonds is 4. The molecule has 0 bridgehead atoms. The zero-order valence-electron chi connectivity index (χ0n) is 10.7. The molecule has 1 fully saturated rings. The summed E-state index contributed by atoms with van der Waals surface area (Å²) in [4.78, 5) is 2.30. The van der Waals surface area contributed by atoms with Crippen LogP contribution in [0.1, 0.15) is 43.5 Å². The van der Waals surface area contributed by atoms with E-state index in [4.69, 9.17) is 10.2 Å². The van der Waals surface area contributed by atoms with Crippen LogP contribution in [0.15, 0.2) is 4.42 Å². The lowest BCUT2D eigenvalue weighted by Gasteiger charge is -2.29. The lowest BCUT2D eigenvalue weighted by atomic mass is 10.0. The zero-order chi connectivity index (χ0) is 11.4. The molecule has 0 spiro atoms. The summed E-state index contributed by atoms with van der Waals surface area (Å²) in [5.74, 6) is 1.49. The van der Waals surface area contributed by atoms with Crippen LogP contribution in [0.2, 0.25) is 0 Å². The van der Waals surface area contributed by atoms with Gasteiger partial charge in [0.15, 0.2) is 0 Å². The van der Waals surface area contributed by atoms with Gasteiger partial charge in [0.1, 0.15) is 0 Å². The Kier molecular flexibility index (Phi) is 8.52. The van der Waals surface area contributed by atoms with Crippen molar-refractivity contribution in [1.82, 2.24) is 15.1 Å². The highest BCUT2D eigenvalue weighted by Crippen LogP contribution is 2.28. The normalized spacial score (nSPS) is 20.0. The molecule has 0 aliphatic carbocycles. The van der Waals surface area contributed by atoms with Crippen molar-refractivity contribution in [2.45, 2.75) is 38.1 Å². The first-order chi connectivity index (χ1) is 7.81. The molecule has 1 aliphatic rings. The summed E-state index contributed by atoms with van der Waals surface area (Å²) in [5, 5.41) is 8.21. The average molecular weight is 297 g/mol. The third-order valence-electron chi connectivity index (χ3n) is 3.13. The van der Waals surface area contributed by atoms with Crippen LogP contribution in [0.4, 0.5) is 0 Å². The number of aromatic nitrogens is 2. The van der Waals surface area contributed by atoms with Gasteiger partial charge in [0.25, 0.3) is 0 Å². The minimum absolute atomic E-state index is 0. The van der Waals surface area contributed by atoms with Crippen molar-refractivity contribution < 1.29 is 4.42 Å². The van der Waals surface area contributed by atoms with Gasteiger partial charge in [0, 0.05) is 6.42 Å². The van der Waals surface area contributed by atoms with Gasteiger partial charge in [-0.05, 0) is 39.4 Å². The van der Waals surface area contributed by atoms with Gasteiger partial charge in [-0.15, -0.1) is 35.0 Å². The fraction of sp³-hybridized carbons (Fsp3) is 0.818. The lowest BCUT2D eigenvalue weighted by Crippen LogP contribution is -2.29. The van der Waals surface area contributed by atoms with Crippen molar-refractivity contribution in [3.8, 4) is 0 Å². The maximum absolute atomic E-state index is 5.68. The van der Waals surface area contributed by atoms with Gasteiger partial charge in [0.05, 0.1) is 6.04 Å². The molecule has 5 nitrogen and oxygen atoms in total. The molecule has 1 aromatic rings. The fourth-order valence-electron chi connectivity index (χ4n) is 2.14. The molecule has 1 aromatic heterocycles. The van der Waals surface area contributed by atoms with E-state index < -0.39 is 0 Å². The summed E-state index contributed by atoms with van der Waals surface area (Å²) in [6.45, 7) is 1.78. The highest BCUT2D eigenvalue weighted by molar-refractivity contribution is 5.85. The molecular formula is C11H22Cl2N4O. The topological polar surface area (TPSA) is 68.2 Å². The predicted octanol–water partition coefficient (Wildman–Crippen LogP) is 1.96. The van der Waals surface area contributed by atoms with Gasteiger partial charge in [-0.2, -0.15) is 0 Å². The molecule has 7 heteroatoms. The van der Waals surface area contributed by atoms with Gasteiger partial charge in [-0.3, -0.25) is 4.90 Å². The largest absolute Gasteiger partial charge is 0.424 e. The van der Waals surface area contributed by atoms with Crippen molar-refractivity contribution in [3.63, 3.8) is 0 Å². The Hall–Kier alpha value is -0.360. The molecule has 1 unspecified atom stereocenters. The van der Waals surface area contributed by atoms with E-state index in [1.165, 1.54) is 12.8 Å². The molecular weight excluding hydrogens is 275 g/mol. The molecule has 2 N–H and O–H groups in total. The first-order valence-corrected chi connectivity index (χ1v) is 6.04. The van der Waals surface area contributed by atoms with Gasteiger partial charge in [-0.1, -0.05) is 6.42 Å². The standard InChI is InChI=1S/C11H20N4O.2ClH/c1-15-8-3-2-5-9(15)11-14-13-10(16-11)6-4-7-12;;/h9H,2-8,12H2,1H3;2*1H. The number of halogens is 2. The molecule has 0 amide bonds. The van der Waals surface area contributed by atoms with Crippen LogP contribution in [0.5, 0.6) is 0 Å². The summed E-state index contributed by atoms with van der Waals surface area (Å²) in [7, 11) is 2.12. The number of nitrogens with zero attached hydrogens (tertiary/aromatic N) is 3. The minimum atomic E-state index is 0. The highest BCUT2D eigenvalue weighted by Gasteiger charge is 2.25. The first-order valence-electron chi connectivity index (χ1n) is 6.04. The number of nitrogens with two attached hydrogens (primary N) is 1. The first kappa shape index (κ1) is 17.6. The molecule has 1 saturated heterocycles. The summed E-state index contributed by atoms with van der Waals surface area (Å²) in [6.07, 6.45) is 5.33. The van der Waals surface area contributed by atoms with Crippen LogP contribution in [-0.2, 0) is 6.42 Å². The third-order valence-corrected chi connectivity index (χ3v) is 3.13. The number of hydrogen-bond acceptors (Lipinski definition) is 5. The second-order valence-corrected chi connectivity index (χ2v) is 4.42. The van der Waals surface area contributed by atoms with E-state index in [-0.39, 0.29) is 24.8 Å². The Bertz CT molecular complexity index is 335. The van der Waals surface area contributed by atoms with Crippen molar-refractivity contribution in [2.75, 3.05) is 20.1 Å². The summed E-state index contributed by atoms with van der Waals surface area (Å²) in [6, 6.07) is 0.313. The smallest absolute Gasteiger partial charge is 0.233 e. The van der Waals surface area contributed by atoms with E-state index in [0.717, 1.165) is 37.6 Å². The predicted molar refractivity (Wildman–Crippen MR) is 75.4 cm³/mol. The van der Waals surface area contributed by atoms with Crippen LogP contribution >= 0.6 is 24.8 Å². The van der Waals surface area contributed by atoms with Crippen molar-refractivity contribution >= 4 is 24.8 Å². The fourth-order valence-corrected chi connectivity index (χ4v) is 2.14. The van der Waals surface area contributed by atoms with Gasteiger partial charge in [0.2, 0.25) is 11.8 Å². The van der Waals surface area contributed by atoms with Crippen LogP contribution in [0, 0.1) is 0 Å². The molecule has 18 heavy (non-hydrogen) atoms. The second-order valence-electron chi connectivity index (χ2n) is 4.42. The van der Waals surface area contributed by atoms with Crippen LogP contribution in [0.25, 0.3) is 0 Å². The van der Waals surface area contributed by atoms with E-state index in [2.05, 4.69) is 22.1 Å². The molecule has 0 saturated carbocycles. The Labute approximate surface area is 120 Å². The van der Waals surface area contributed by atoms with Gasteiger partial charge in [-0.25, -0.2) is 0 Å². The Balaban J connectivity index is 0.00000144. The number of piperidine rings is 1. The molecule has 0 radical (unpaired) electrons. The molecule has 106 valence electrons. The van der Waals surface area contributed by atoms with Crippen molar-refractivity contribution in [2.24, 2.45) is 5.73 Å². The second kappa shape index (κ2) is 8.69. The van der Waals surface area contributed by atoms with E-state index in [0.29, 0.717) is 12.6 Å². The molecule has 1 aliphatic heterocycles.